The third-order valence-corrected chi connectivity index (χ3v) is 6.82. The first kappa shape index (κ1) is 22.2. The molecule has 1 aromatic heterocycles. The van der Waals surface area contributed by atoms with Crippen LogP contribution in [0.1, 0.15) is 56.2 Å². The summed E-state index contributed by atoms with van der Waals surface area (Å²) < 4.78 is 11.7. The minimum absolute atomic E-state index is 0.0352. The topological polar surface area (TPSA) is 51.5 Å². The molecule has 1 amide bonds. The number of aryl methyl sites for hydroxylation is 2. The van der Waals surface area contributed by atoms with Gasteiger partial charge in [-0.3, -0.25) is 4.79 Å². The zero-order chi connectivity index (χ0) is 22.8. The van der Waals surface area contributed by atoms with E-state index in [9.17, 15) is 4.79 Å². The fourth-order valence-electron chi connectivity index (χ4n) is 4.86. The first-order valence-electron chi connectivity index (χ1n) is 11.5. The monoisotopic (exact) mass is 431 g/mol. The summed E-state index contributed by atoms with van der Waals surface area (Å²) in [4.78, 5) is 12.8. The van der Waals surface area contributed by atoms with Crippen molar-refractivity contribution in [1.82, 2.24) is 5.32 Å². The maximum absolute atomic E-state index is 12.8. The van der Waals surface area contributed by atoms with Crippen molar-refractivity contribution in [2.45, 2.75) is 59.4 Å². The molecule has 1 aliphatic rings. The third kappa shape index (κ3) is 4.32. The smallest absolute Gasteiger partial charge is 0.244 e. The van der Waals surface area contributed by atoms with E-state index < -0.39 is 0 Å². The van der Waals surface area contributed by atoms with Gasteiger partial charge in [-0.15, -0.1) is 0 Å². The molecule has 4 rings (SSSR count). The lowest BCUT2D eigenvalue weighted by atomic mass is 9.86. The van der Waals surface area contributed by atoms with E-state index in [2.05, 4.69) is 49.5 Å². The molecule has 0 aliphatic heterocycles. The van der Waals surface area contributed by atoms with Gasteiger partial charge in [-0.25, -0.2) is 0 Å². The summed E-state index contributed by atoms with van der Waals surface area (Å²) >= 11 is 0. The molecule has 1 aliphatic carbocycles. The number of methoxy groups -OCH3 is 1. The zero-order valence-electron chi connectivity index (χ0n) is 19.7. The van der Waals surface area contributed by atoms with Crippen LogP contribution in [0, 0.1) is 19.8 Å². The van der Waals surface area contributed by atoms with Crippen molar-refractivity contribution >= 4 is 22.4 Å². The van der Waals surface area contributed by atoms with Crippen LogP contribution in [0.3, 0.4) is 0 Å². The van der Waals surface area contributed by atoms with Gasteiger partial charge >= 0.3 is 0 Å². The van der Waals surface area contributed by atoms with E-state index in [1.807, 2.05) is 20.1 Å². The summed E-state index contributed by atoms with van der Waals surface area (Å²) in [7, 11) is 1.67. The average molecular weight is 432 g/mol. The second kappa shape index (κ2) is 9.23. The first-order chi connectivity index (χ1) is 15.4. The van der Waals surface area contributed by atoms with Gasteiger partial charge in [0.25, 0.3) is 0 Å². The maximum atomic E-state index is 12.8. The van der Waals surface area contributed by atoms with Crippen LogP contribution < -0.4 is 10.1 Å². The molecule has 1 N–H and O–H groups in total. The van der Waals surface area contributed by atoms with Gasteiger partial charge in [-0.05, 0) is 56.7 Å². The largest absolute Gasteiger partial charge is 0.496 e. The predicted octanol–water partition coefficient (Wildman–Crippen LogP) is 6.82. The molecule has 0 saturated heterocycles. The Morgan fingerprint density at radius 1 is 1.16 bits per heavy atom. The molecular formula is C28H33NO3. The Morgan fingerprint density at radius 2 is 1.88 bits per heavy atom. The van der Waals surface area contributed by atoms with E-state index in [4.69, 9.17) is 9.15 Å². The predicted molar refractivity (Wildman–Crippen MR) is 131 cm³/mol. The quantitative estimate of drug-likeness (QED) is 0.451. The Balaban J connectivity index is 1.71. The summed E-state index contributed by atoms with van der Waals surface area (Å²) in [5.74, 6) is 1.24. The summed E-state index contributed by atoms with van der Waals surface area (Å²) in [5.41, 5.74) is 6.91. The molecule has 0 bridgehead atoms. The zero-order valence-corrected chi connectivity index (χ0v) is 19.7. The van der Waals surface area contributed by atoms with Crippen LogP contribution in [0.15, 0.2) is 47.1 Å². The highest BCUT2D eigenvalue weighted by Crippen LogP contribution is 2.40. The SMILES string of the molecule is COc1c(/C(C)=C/C(=O)NC2CCCCC2C)cc2c(-c3ccc(C)cc3)coc2c1C. The molecule has 1 saturated carbocycles. The van der Waals surface area contributed by atoms with Crippen molar-refractivity contribution in [2.24, 2.45) is 5.92 Å². The van der Waals surface area contributed by atoms with E-state index in [-0.39, 0.29) is 11.9 Å². The number of carbonyl (C=O) groups excluding carboxylic acids is 1. The summed E-state index contributed by atoms with van der Waals surface area (Å²) in [6, 6.07) is 10.8. The summed E-state index contributed by atoms with van der Waals surface area (Å²) in [6.45, 7) is 8.28. The van der Waals surface area contributed by atoms with Crippen LogP contribution in [0.4, 0.5) is 0 Å². The molecule has 1 fully saturated rings. The molecule has 4 heteroatoms. The van der Waals surface area contributed by atoms with E-state index in [1.165, 1.54) is 24.8 Å². The number of fused-ring (bicyclic) bond motifs is 1. The van der Waals surface area contributed by atoms with E-state index in [0.717, 1.165) is 51.0 Å². The Hall–Kier alpha value is -3.01. The minimum Gasteiger partial charge on any atom is -0.496 e. The number of hydrogen-bond acceptors (Lipinski definition) is 3. The van der Waals surface area contributed by atoms with E-state index in [1.54, 1.807) is 13.2 Å². The number of hydrogen-bond donors (Lipinski definition) is 1. The molecule has 168 valence electrons. The number of amides is 1. The van der Waals surface area contributed by atoms with Crippen LogP contribution in [-0.2, 0) is 4.79 Å². The first-order valence-corrected chi connectivity index (χ1v) is 11.5. The van der Waals surface area contributed by atoms with Crippen molar-refractivity contribution < 1.29 is 13.9 Å². The minimum atomic E-state index is -0.0352. The Morgan fingerprint density at radius 3 is 2.56 bits per heavy atom. The Bertz CT molecular complexity index is 1150. The highest BCUT2D eigenvalue weighted by Gasteiger charge is 2.23. The standard InChI is InChI=1S/C28H33NO3/c1-17-10-12-21(13-11-17)24-16-32-28-20(4)27(31-5)22(15-23(24)28)19(3)14-26(30)29-25-9-7-6-8-18(25)2/h10-16,18,25H,6-9H2,1-5H3,(H,29,30)/b19-14+. The molecule has 4 nitrogen and oxygen atoms in total. The molecule has 0 radical (unpaired) electrons. The molecule has 3 aromatic rings. The summed E-state index contributed by atoms with van der Waals surface area (Å²) in [6.07, 6.45) is 8.19. The summed E-state index contributed by atoms with van der Waals surface area (Å²) in [5, 5.41) is 4.25. The van der Waals surface area contributed by atoms with Gasteiger partial charge < -0.3 is 14.5 Å². The van der Waals surface area contributed by atoms with E-state index >= 15 is 0 Å². The molecular weight excluding hydrogens is 398 g/mol. The maximum Gasteiger partial charge on any atom is 0.244 e. The van der Waals surface area contributed by atoms with Gasteiger partial charge in [0.05, 0.1) is 13.4 Å². The normalized spacial score (nSPS) is 19.2. The third-order valence-electron chi connectivity index (χ3n) is 6.82. The molecule has 2 unspecified atom stereocenters. The number of ether oxygens (including phenoxy) is 1. The molecule has 1 heterocycles. The van der Waals surface area contributed by atoms with Gasteiger partial charge in [0, 0.05) is 34.2 Å². The van der Waals surface area contributed by atoms with Crippen LogP contribution in [0.2, 0.25) is 0 Å². The average Bonchev–Trinajstić information content (AvgIpc) is 3.20. The number of furan rings is 1. The van der Waals surface area contributed by atoms with Crippen molar-refractivity contribution in [3.05, 3.63) is 59.4 Å². The van der Waals surface area contributed by atoms with Gasteiger partial charge in [-0.2, -0.15) is 0 Å². The van der Waals surface area contributed by atoms with Crippen molar-refractivity contribution in [3.8, 4) is 16.9 Å². The van der Waals surface area contributed by atoms with Crippen molar-refractivity contribution in [2.75, 3.05) is 7.11 Å². The van der Waals surface area contributed by atoms with Crippen molar-refractivity contribution in [3.63, 3.8) is 0 Å². The molecule has 0 spiro atoms. The number of rotatable bonds is 5. The lowest BCUT2D eigenvalue weighted by Gasteiger charge is -2.29. The second-order valence-corrected chi connectivity index (χ2v) is 9.18. The number of carbonyl (C=O) groups is 1. The van der Waals surface area contributed by atoms with Crippen LogP contribution in [-0.4, -0.2) is 19.1 Å². The highest BCUT2D eigenvalue weighted by atomic mass is 16.5. The molecule has 2 atom stereocenters. The van der Waals surface area contributed by atoms with Gasteiger partial charge in [0.1, 0.15) is 11.3 Å². The number of nitrogens with one attached hydrogen (secondary N) is 1. The lowest BCUT2D eigenvalue weighted by Crippen LogP contribution is -2.40. The van der Waals surface area contributed by atoms with Crippen LogP contribution >= 0.6 is 0 Å². The number of benzene rings is 2. The lowest BCUT2D eigenvalue weighted by molar-refractivity contribution is -0.117. The fraction of sp³-hybridized carbons (Fsp3) is 0.393. The van der Waals surface area contributed by atoms with Crippen LogP contribution in [0.25, 0.3) is 27.7 Å². The molecule has 32 heavy (non-hydrogen) atoms. The van der Waals surface area contributed by atoms with Gasteiger partial charge in [-0.1, -0.05) is 49.6 Å². The molecule has 2 aromatic carbocycles. The highest BCUT2D eigenvalue weighted by molar-refractivity contribution is 6.01. The van der Waals surface area contributed by atoms with Crippen molar-refractivity contribution in [1.29, 1.82) is 0 Å². The number of allylic oxidation sites excluding steroid dienone is 1. The fourth-order valence-corrected chi connectivity index (χ4v) is 4.86. The second-order valence-electron chi connectivity index (χ2n) is 9.18. The van der Waals surface area contributed by atoms with Crippen LogP contribution in [0.5, 0.6) is 5.75 Å². The van der Waals surface area contributed by atoms with Gasteiger partial charge in [0.15, 0.2) is 0 Å². The van der Waals surface area contributed by atoms with E-state index in [0.29, 0.717) is 5.92 Å². The Kier molecular flexibility index (Phi) is 6.40. The van der Waals surface area contributed by atoms with Gasteiger partial charge in [0.2, 0.25) is 5.91 Å². The Labute approximate surface area is 190 Å².